The molecule has 4 heteroatoms. The maximum absolute atomic E-state index is 12.5. The van der Waals surface area contributed by atoms with Crippen LogP contribution in [0.15, 0.2) is 82.0 Å². The predicted molar refractivity (Wildman–Crippen MR) is 116 cm³/mol. The van der Waals surface area contributed by atoms with Gasteiger partial charge in [-0.15, -0.1) is 0 Å². The maximum Gasteiger partial charge on any atom is 0.344 e. The third kappa shape index (κ3) is 4.06. The van der Waals surface area contributed by atoms with Crippen molar-refractivity contribution < 1.29 is 13.9 Å². The molecule has 4 rings (SSSR count). The van der Waals surface area contributed by atoms with E-state index in [0.29, 0.717) is 11.1 Å². The van der Waals surface area contributed by atoms with Gasteiger partial charge in [0.25, 0.3) is 0 Å². The van der Waals surface area contributed by atoms with Gasteiger partial charge in [-0.3, -0.25) is 0 Å². The Bertz CT molecular complexity index is 1220. The molecule has 0 saturated carbocycles. The summed E-state index contributed by atoms with van der Waals surface area (Å²) in [4.78, 5) is 12.5. The monoisotopic (exact) mass is 384 g/mol. The van der Waals surface area contributed by atoms with Gasteiger partial charge in [0.05, 0.1) is 19.8 Å². The molecule has 0 fully saturated rings. The first kappa shape index (κ1) is 18.6. The van der Waals surface area contributed by atoms with E-state index >= 15 is 0 Å². The molecule has 144 valence electrons. The topological polar surface area (TPSA) is 48.7 Å². The lowest BCUT2D eigenvalue weighted by Crippen LogP contribution is -2.02. The van der Waals surface area contributed by atoms with Gasteiger partial charge in [0.2, 0.25) is 0 Å². The first-order valence-electron chi connectivity index (χ1n) is 9.21. The van der Waals surface area contributed by atoms with Gasteiger partial charge in [0, 0.05) is 5.39 Å². The van der Waals surface area contributed by atoms with Gasteiger partial charge in [-0.2, -0.15) is 0 Å². The summed E-state index contributed by atoms with van der Waals surface area (Å²) < 4.78 is 15.9. The van der Waals surface area contributed by atoms with Crippen molar-refractivity contribution in [1.82, 2.24) is 0 Å². The molecule has 29 heavy (non-hydrogen) atoms. The van der Waals surface area contributed by atoms with E-state index in [4.69, 9.17) is 13.9 Å². The van der Waals surface area contributed by atoms with Gasteiger partial charge < -0.3 is 13.9 Å². The summed E-state index contributed by atoms with van der Waals surface area (Å²) in [6.07, 6.45) is 3.99. The molecule has 0 amide bonds. The number of hydrogen-bond acceptors (Lipinski definition) is 4. The molecule has 0 spiro atoms. The molecule has 4 aromatic rings. The highest BCUT2D eigenvalue weighted by molar-refractivity contribution is 5.84. The molecule has 0 aliphatic rings. The lowest BCUT2D eigenvalue weighted by atomic mass is 10.0. The van der Waals surface area contributed by atoms with Gasteiger partial charge in [0.1, 0.15) is 17.1 Å². The van der Waals surface area contributed by atoms with Crippen LogP contribution < -0.4 is 15.1 Å². The van der Waals surface area contributed by atoms with Crippen LogP contribution in [0.4, 0.5) is 0 Å². The lowest BCUT2D eigenvalue weighted by Gasteiger charge is -2.05. The Balaban J connectivity index is 1.64. The second-order valence-corrected chi connectivity index (χ2v) is 6.58. The normalized spacial score (nSPS) is 11.1. The van der Waals surface area contributed by atoms with Crippen molar-refractivity contribution in [3.63, 3.8) is 0 Å². The zero-order chi connectivity index (χ0) is 20.2. The zero-order valence-corrected chi connectivity index (χ0v) is 16.2. The molecule has 0 radical (unpaired) electrons. The Morgan fingerprint density at radius 1 is 0.724 bits per heavy atom. The number of ether oxygens (including phenoxy) is 2. The number of hydrogen-bond donors (Lipinski definition) is 0. The zero-order valence-electron chi connectivity index (χ0n) is 16.2. The molecular formula is C25H20O4. The Kier molecular flexibility index (Phi) is 5.16. The van der Waals surface area contributed by atoms with E-state index in [0.717, 1.165) is 33.6 Å². The minimum atomic E-state index is -0.362. The predicted octanol–water partition coefficient (Wildman–Crippen LogP) is 5.65. The smallest absolute Gasteiger partial charge is 0.344 e. The Morgan fingerprint density at radius 3 is 1.97 bits per heavy atom. The van der Waals surface area contributed by atoms with Gasteiger partial charge in [-0.25, -0.2) is 4.79 Å². The Labute approximate surface area is 168 Å². The third-order valence-electron chi connectivity index (χ3n) is 4.75. The van der Waals surface area contributed by atoms with Crippen molar-refractivity contribution in [3.8, 4) is 22.6 Å². The number of fused-ring (bicyclic) bond motifs is 1. The molecular weight excluding hydrogens is 364 g/mol. The molecule has 1 aromatic heterocycles. The molecule has 0 aliphatic heterocycles. The van der Waals surface area contributed by atoms with E-state index in [1.807, 2.05) is 84.9 Å². The Hall–Kier alpha value is -3.79. The molecule has 3 aromatic carbocycles. The fraction of sp³-hybridized carbons (Fsp3) is 0.0800. The standard InChI is InChI=1S/C25H20O4/c1-27-21-11-6-17(7-12-21)3-4-18-5-8-20-16-23(25(26)29-24(20)15-18)19-9-13-22(28-2)14-10-19/h3-16H,1-2H3/b4-3+. The van der Waals surface area contributed by atoms with Crippen LogP contribution in [0.2, 0.25) is 0 Å². The molecule has 0 aliphatic carbocycles. The van der Waals surface area contributed by atoms with Gasteiger partial charge in [-0.1, -0.05) is 48.6 Å². The van der Waals surface area contributed by atoms with Gasteiger partial charge >= 0.3 is 5.63 Å². The summed E-state index contributed by atoms with van der Waals surface area (Å²) >= 11 is 0. The second kappa shape index (κ2) is 8.07. The van der Waals surface area contributed by atoms with E-state index in [-0.39, 0.29) is 5.63 Å². The highest BCUT2D eigenvalue weighted by Gasteiger charge is 2.08. The third-order valence-corrected chi connectivity index (χ3v) is 4.75. The van der Waals surface area contributed by atoms with Crippen LogP contribution in [-0.4, -0.2) is 14.2 Å². The minimum Gasteiger partial charge on any atom is -0.497 e. The summed E-state index contributed by atoms with van der Waals surface area (Å²) in [5.41, 5.74) is 3.53. The molecule has 1 heterocycles. The Morgan fingerprint density at radius 2 is 1.31 bits per heavy atom. The molecule has 0 bridgehead atoms. The van der Waals surface area contributed by atoms with Gasteiger partial charge in [0.15, 0.2) is 0 Å². The maximum atomic E-state index is 12.5. The SMILES string of the molecule is COc1ccc(/C=C/c2ccc3cc(-c4ccc(OC)cc4)c(=O)oc3c2)cc1. The van der Waals surface area contributed by atoms with Crippen LogP contribution >= 0.6 is 0 Å². The van der Waals surface area contributed by atoms with Crippen molar-refractivity contribution in [1.29, 1.82) is 0 Å². The number of rotatable bonds is 5. The summed E-state index contributed by atoms with van der Waals surface area (Å²) in [5.74, 6) is 1.56. The van der Waals surface area contributed by atoms with Crippen LogP contribution in [0.5, 0.6) is 11.5 Å². The molecule has 0 atom stereocenters. The van der Waals surface area contributed by atoms with Crippen molar-refractivity contribution >= 4 is 23.1 Å². The van der Waals surface area contributed by atoms with Crippen LogP contribution in [-0.2, 0) is 0 Å². The summed E-state index contributed by atoms with van der Waals surface area (Å²) in [6.45, 7) is 0. The van der Waals surface area contributed by atoms with Crippen molar-refractivity contribution in [3.05, 3.63) is 94.3 Å². The van der Waals surface area contributed by atoms with Crippen LogP contribution in [0.3, 0.4) is 0 Å². The summed E-state index contributed by atoms with van der Waals surface area (Å²) in [6, 6.07) is 22.8. The quantitative estimate of drug-likeness (QED) is 0.330. The second-order valence-electron chi connectivity index (χ2n) is 6.58. The van der Waals surface area contributed by atoms with Crippen LogP contribution in [0, 0.1) is 0 Å². The van der Waals surface area contributed by atoms with Crippen molar-refractivity contribution in [2.24, 2.45) is 0 Å². The number of methoxy groups -OCH3 is 2. The van der Waals surface area contributed by atoms with E-state index in [9.17, 15) is 4.79 Å². The largest absolute Gasteiger partial charge is 0.497 e. The molecule has 0 saturated heterocycles. The lowest BCUT2D eigenvalue weighted by molar-refractivity contribution is 0.414. The van der Waals surface area contributed by atoms with Crippen molar-refractivity contribution in [2.75, 3.05) is 14.2 Å². The fourth-order valence-electron chi connectivity index (χ4n) is 3.11. The highest BCUT2D eigenvalue weighted by Crippen LogP contribution is 2.24. The first-order chi connectivity index (χ1) is 14.2. The molecule has 0 unspecified atom stereocenters. The molecule has 0 N–H and O–H groups in total. The van der Waals surface area contributed by atoms with E-state index in [2.05, 4.69) is 0 Å². The summed E-state index contributed by atoms with van der Waals surface area (Å²) in [7, 11) is 3.26. The first-order valence-corrected chi connectivity index (χ1v) is 9.21. The van der Waals surface area contributed by atoms with Crippen molar-refractivity contribution in [2.45, 2.75) is 0 Å². The highest BCUT2D eigenvalue weighted by atomic mass is 16.5. The van der Waals surface area contributed by atoms with E-state index in [1.165, 1.54) is 0 Å². The van der Waals surface area contributed by atoms with E-state index < -0.39 is 0 Å². The average molecular weight is 384 g/mol. The molecule has 4 nitrogen and oxygen atoms in total. The van der Waals surface area contributed by atoms with Crippen LogP contribution in [0.1, 0.15) is 11.1 Å². The minimum absolute atomic E-state index is 0.362. The van der Waals surface area contributed by atoms with Crippen LogP contribution in [0.25, 0.3) is 34.2 Å². The number of benzene rings is 3. The fourth-order valence-corrected chi connectivity index (χ4v) is 3.11. The van der Waals surface area contributed by atoms with E-state index in [1.54, 1.807) is 14.2 Å². The summed E-state index contributed by atoms with van der Waals surface area (Å²) in [5, 5.41) is 0.872. The average Bonchev–Trinajstić information content (AvgIpc) is 2.77. The van der Waals surface area contributed by atoms with Gasteiger partial charge in [-0.05, 0) is 53.1 Å².